The van der Waals surface area contributed by atoms with Crippen molar-refractivity contribution in [3.05, 3.63) is 35.4 Å². The van der Waals surface area contributed by atoms with E-state index in [0.717, 1.165) is 24.9 Å². The van der Waals surface area contributed by atoms with Gasteiger partial charge in [0.25, 0.3) is 0 Å². The van der Waals surface area contributed by atoms with E-state index in [2.05, 4.69) is 30.8 Å². The van der Waals surface area contributed by atoms with Gasteiger partial charge in [0.15, 0.2) is 0 Å². The van der Waals surface area contributed by atoms with E-state index in [1.807, 2.05) is 34.6 Å². The summed E-state index contributed by atoms with van der Waals surface area (Å²) in [5.41, 5.74) is 2.61. The molecule has 28 heavy (non-hydrogen) atoms. The summed E-state index contributed by atoms with van der Waals surface area (Å²) in [5, 5.41) is 0. The highest BCUT2D eigenvalue weighted by Crippen LogP contribution is 2.21. The van der Waals surface area contributed by atoms with Crippen molar-refractivity contribution in [1.29, 1.82) is 0 Å². The molecule has 0 N–H and O–H groups in total. The van der Waals surface area contributed by atoms with E-state index in [9.17, 15) is 0 Å². The average Bonchev–Trinajstić information content (AvgIpc) is 2.67. The molecular formula is C21H40O5Si2. The zero-order valence-corrected chi connectivity index (χ0v) is 20.7. The van der Waals surface area contributed by atoms with E-state index >= 15 is 0 Å². The molecule has 0 spiro atoms. The first-order valence-corrected chi connectivity index (χ1v) is 15.2. The van der Waals surface area contributed by atoms with Crippen LogP contribution in [-0.2, 0) is 35.0 Å². The van der Waals surface area contributed by atoms with Crippen LogP contribution in [0.2, 0.25) is 18.6 Å². The summed E-state index contributed by atoms with van der Waals surface area (Å²) >= 11 is 0. The summed E-state index contributed by atoms with van der Waals surface area (Å²) in [6.45, 7) is 15.5. The number of hydrogen-bond acceptors (Lipinski definition) is 5. The Hall–Kier alpha value is -0.546. The third-order valence-corrected chi connectivity index (χ3v) is 10.6. The van der Waals surface area contributed by atoms with Crippen LogP contribution in [-0.4, -0.2) is 50.4 Å². The molecule has 1 aromatic rings. The van der Waals surface area contributed by atoms with E-state index in [1.54, 1.807) is 0 Å². The van der Waals surface area contributed by atoms with E-state index in [4.69, 9.17) is 22.1 Å². The van der Waals surface area contributed by atoms with E-state index in [-0.39, 0.29) is 0 Å². The Kier molecular flexibility index (Phi) is 12.4. The fraction of sp³-hybridized carbons (Fsp3) is 0.714. The van der Waals surface area contributed by atoms with Gasteiger partial charge in [0.2, 0.25) is 0 Å². The van der Waals surface area contributed by atoms with Crippen LogP contribution in [0.15, 0.2) is 24.3 Å². The fourth-order valence-corrected chi connectivity index (χ4v) is 8.27. The first-order valence-electron chi connectivity index (χ1n) is 10.7. The molecule has 0 heterocycles. The Morgan fingerprint density at radius 1 is 0.571 bits per heavy atom. The van der Waals surface area contributed by atoms with E-state index < -0.39 is 17.4 Å². The van der Waals surface area contributed by atoms with Crippen LogP contribution < -0.4 is 0 Å². The molecule has 0 aliphatic rings. The summed E-state index contributed by atoms with van der Waals surface area (Å²) in [4.78, 5) is 0. The van der Waals surface area contributed by atoms with Crippen LogP contribution in [0.4, 0.5) is 0 Å². The van der Waals surface area contributed by atoms with Gasteiger partial charge in [-0.1, -0.05) is 24.3 Å². The molecule has 0 saturated carbocycles. The summed E-state index contributed by atoms with van der Waals surface area (Å²) in [5.74, 6) is 0. The number of aryl methyl sites for hydroxylation is 2. The maximum absolute atomic E-state index is 5.95. The summed E-state index contributed by atoms with van der Waals surface area (Å²) < 4.78 is 29.7. The van der Waals surface area contributed by atoms with Crippen molar-refractivity contribution in [2.24, 2.45) is 0 Å². The van der Waals surface area contributed by atoms with Crippen LogP contribution in [0.25, 0.3) is 0 Å². The Bertz CT molecular complexity index is 501. The maximum atomic E-state index is 5.95. The summed E-state index contributed by atoms with van der Waals surface area (Å²) in [6, 6.07) is 10.6. The molecule has 5 nitrogen and oxygen atoms in total. The van der Waals surface area contributed by atoms with Crippen molar-refractivity contribution < 1.29 is 22.1 Å². The molecule has 1 rings (SSSR count). The Morgan fingerprint density at radius 2 is 0.929 bits per heavy atom. The van der Waals surface area contributed by atoms with Crippen molar-refractivity contribution in [1.82, 2.24) is 0 Å². The first kappa shape index (κ1) is 25.5. The molecule has 1 aromatic carbocycles. The van der Waals surface area contributed by atoms with Crippen LogP contribution in [0.5, 0.6) is 0 Å². The monoisotopic (exact) mass is 428 g/mol. The summed E-state index contributed by atoms with van der Waals surface area (Å²) in [7, 11) is -4.64. The SMILES string of the molecule is CCO[Si](C)(CCc1ccc(CC[Si](OCC)(OCC)OCC)cc1)OCC. The highest BCUT2D eigenvalue weighted by molar-refractivity contribution is 6.66. The average molecular weight is 429 g/mol. The van der Waals surface area contributed by atoms with Gasteiger partial charge in [-0.05, 0) is 71.2 Å². The third kappa shape index (κ3) is 8.86. The highest BCUT2D eigenvalue weighted by Gasteiger charge is 2.39. The molecule has 0 atom stereocenters. The maximum Gasteiger partial charge on any atom is 0.501 e. The molecule has 0 saturated heterocycles. The standard InChI is InChI=1S/C21H40O5Si2/c1-7-22-27(6,23-8-2)18-16-20-12-14-21(15-13-20)17-19-28(24-9-3,25-10-4)26-11-5/h12-15H,7-11,16-19H2,1-6H3. The molecule has 0 bridgehead atoms. The second-order valence-electron chi connectivity index (χ2n) is 6.80. The lowest BCUT2D eigenvalue weighted by molar-refractivity contribution is 0.0714. The van der Waals surface area contributed by atoms with Gasteiger partial charge in [-0.3, -0.25) is 0 Å². The van der Waals surface area contributed by atoms with Crippen LogP contribution in [0.1, 0.15) is 45.7 Å². The normalized spacial score (nSPS) is 12.5. The molecular weight excluding hydrogens is 388 g/mol. The molecule has 162 valence electrons. The lowest BCUT2D eigenvalue weighted by Crippen LogP contribution is -2.46. The first-order chi connectivity index (χ1) is 13.5. The molecule has 7 heteroatoms. The molecule has 0 radical (unpaired) electrons. The second kappa shape index (κ2) is 13.6. The van der Waals surface area contributed by atoms with E-state index in [1.165, 1.54) is 11.1 Å². The minimum Gasteiger partial charge on any atom is -0.395 e. The largest absolute Gasteiger partial charge is 0.501 e. The van der Waals surface area contributed by atoms with Gasteiger partial charge in [-0.15, -0.1) is 0 Å². The van der Waals surface area contributed by atoms with Crippen LogP contribution >= 0.6 is 0 Å². The lowest BCUT2D eigenvalue weighted by Gasteiger charge is -2.28. The second-order valence-corrected chi connectivity index (χ2v) is 12.9. The van der Waals surface area contributed by atoms with Crippen LogP contribution in [0, 0.1) is 0 Å². The Labute approximate surface area is 174 Å². The Balaban J connectivity index is 2.66. The van der Waals surface area contributed by atoms with Gasteiger partial charge in [0.1, 0.15) is 0 Å². The zero-order chi connectivity index (χ0) is 20.9. The fourth-order valence-electron chi connectivity index (χ4n) is 3.34. The number of hydrogen-bond donors (Lipinski definition) is 0. The van der Waals surface area contributed by atoms with Crippen molar-refractivity contribution >= 4 is 17.4 Å². The van der Waals surface area contributed by atoms with Crippen LogP contribution in [0.3, 0.4) is 0 Å². The molecule has 0 unspecified atom stereocenters. The van der Waals surface area contributed by atoms with Gasteiger partial charge in [0, 0.05) is 39.1 Å². The lowest BCUT2D eigenvalue weighted by atomic mass is 10.1. The topological polar surface area (TPSA) is 46.2 Å². The van der Waals surface area contributed by atoms with Crippen molar-refractivity contribution in [3.8, 4) is 0 Å². The predicted molar refractivity (Wildman–Crippen MR) is 119 cm³/mol. The molecule has 0 aromatic heterocycles. The number of rotatable bonds is 16. The van der Waals surface area contributed by atoms with Crippen molar-refractivity contribution in [2.75, 3.05) is 33.0 Å². The van der Waals surface area contributed by atoms with E-state index in [0.29, 0.717) is 33.0 Å². The molecule has 0 aliphatic carbocycles. The molecule has 0 amide bonds. The quantitative estimate of drug-likeness (QED) is 0.348. The van der Waals surface area contributed by atoms with Gasteiger partial charge in [-0.25, -0.2) is 0 Å². The van der Waals surface area contributed by atoms with Gasteiger partial charge in [0.05, 0.1) is 0 Å². The minimum absolute atomic E-state index is 0.619. The highest BCUT2D eigenvalue weighted by atomic mass is 28.4. The Morgan fingerprint density at radius 3 is 1.29 bits per heavy atom. The third-order valence-electron chi connectivity index (χ3n) is 4.60. The van der Waals surface area contributed by atoms with Crippen molar-refractivity contribution in [3.63, 3.8) is 0 Å². The zero-order valence-electron chi connectivity index (χ0n) is 18.7. The molecule has 0 fully saturated rings. The number of benzene rings is 1. The van der Waals surface area contributed by atoms with Gasteiger partial charge in [-0.2, -0.15) is 0 Å². The molecule has 0 aliphatic heterocycles. The predicted octanol–water partition coefficient (Wildman–Crippen LogP) is 4.97. The smallest absolute Gasteiger partial charge is 0.395 e. The summed E-state index contributed by atoms with van der Waals surface area (Å²) in [6.07, 6.45) is 1.88. The minimum atomic E-state index is -2.58. The van der Waals surface area contributed by atoms with Gasteiger partial charge < -0.3 is 22.1 Å². The van der Waals surface area contributed by atoms with Crippen molar-refractivity contribution in [2.45, 2.75) is 66.1 Å². The van der Waals surface area contributed by atoms with Gasteiger partial charge >= 0.3 is 17.4 Å².